The van der Waals surface area contributed by atoms with Gasteiger partial charge in [-0.25, -0.2) is 0 Å². The second kappa shape index (κ2) is 6.79. The molecule has 1 aromatic rings. The fourth-order valence-corrected chi connectivity index (χ4v) is 4.43. The van der Waals surface area contributed by atoms with Crippen molar-refractivity contribution in [2.45, 2.75) is 38.5 Å². The van der Waals surface area contributed by atoms with Crippen molar-refractivity contribution in [3.63, 3.8) is 0 Å². The molecule has 5 heteroatoms. The van der Waals surface area contributed by atoms with Gasteiger partial charge in [0.15, 0.2) is 0 Å². The molecule has 1 unspecified atom stereocenters. The lowest BCUT2D eigenvalue weighted by atomic mass is 9.92. The first-order valence-corrected chi connectivity index (χ1v) is 9.59. The zero-order chi connectivity index (χ0) is 17.3. The molecule has 0 bridgehead atoms. The van der Waals surface area contributed by atoms with Crippen LogP contribution in [-0.2, 0) is 4.79 Å². The summed E-state index contributed by atoms with van der Waals surface area (Å²) in [4.78, 5) is 27.2. The molecule has 2 saturated heterocycles. The number of amides is 2. The van der Waals surface area contributed by atoms with Gasteiger partial charge in [-0.3, -0.25) is 9.59 Å². The van der Waals surface area contributed by atoms with E-state index in [-0.39, 0.29) is 23.1 Å². The first-order valence-electron chi connectivity index (χ1n) is 9.59. The Bertz CT molecular complexity index is 661. The van der Waals surface area contributed by atoms with Crippen molar-refractivity contribution >= 4 is 17.5 Å². The average molecular weight is 341 g/mol. The van der Waals surface area contributed by atoms with Gasteiger partial charge in [-0.1, -0.05) is 6.07 Å². The molecule has 1 aromatic carbocycles. The highest BCUT2D eigenvalue weighted by atomic mass is 16.2. The Morgan fingerprint density at radius 2 is 1.88 bits per heavy atom. The third-order valence-corrected chi connectivity index (χ3v) is 6.13. The van der Waals surface area contributed by atoms with Gasteiger partial charge in [-0.05, 0) is 75.2 Å². The minimum absolute atomic E-state index is 0.0806. The summed E-state index contributed by atoms with van der Waals surface area (Å²) in [6.07, 6.45) is 6.57. The number of benzene rings is 1. The van der Waals surface area contributed by atoms with Crippen LogP contribution in [-0.4, -0.2) is 42.9 Å². The van der Waals surface area contributed by atoms with Gasteiger partial charge in [0, 0.05) is 30.3 Å². The van der Waals surface area contributed by atoms with E-state index < -0.39 is 0 Å². The van der Waals surface area contributed by atoms with Gasteiger partial charge in [0.1, 0.15) is 0 Å². The van der Waals surface area contributed by atoms with Crippen LogP contribution in [0.1, 0.15) is 48.9 Å². The summed E-state index contributed by atoms with van der Waals surface area (Å²) in [6, 6.07) is 7.41. The summed E-state index contributed by atoms with van der Waals surface area (Å²) in [5.74, 6) is 0.331. The van der Waals surface area contributed by atoms with E-state index in [2.05, 4.69) is 10.6 Å². The van der Waals surface area contributed by atoms with Crippen LogP contribution < -0.4 is 10.6 Å². The van der Waals surface area contributed by atoms with E-state index >= 15 is 0 Å². The lowest BCUT2D eigenvalue weighted by Crippen LogP contribution is -2.35. The molecule has 25 heavy (non-hydrogen) atoms. The van der Waals surface area contributed by atoms with Gasteiger partial charge in [0.2, 0.25) is 5.91 Å². The number of carbonyl (C=O) groups is 2. The molecular formula is C20H27N3O2. The maximum absolute atomic E-state index is 12.6. The lowest BCUT2D eigenvalue weighted by molar-refractivity contribution is -0.118. The van der Waals surface area contributed by atoms with Crippen molar-refractivity contribution in [2.75, 3.05) is 31.5 Å². The van der Waals surface area contributed by atoms with Crippen molar-refractivity contribution in [1.82, 2.24) is 10.2 Å². The number of nitrogens with one attached hydrogen (secondary N) is 2. The maximum atomic E-state index is 12.6. The number of likely N-dealkylation sites (tertiary alicyclic amines) is 1. The third kappa shape index (κ3) is 3.43. The number of carbonyl (C=O) groups excluding carboxylic acids is 2. The number of hydrogen-bond donors (Lipinski definition) is 2. The predicted octanol–water partition coefficient (Wildman–Crippen LogP) is 2.64. The molecule has 5 nitrogen and oxygen atoms in total. The van der Waals surface area contributed by atoms with Crippen LogP contribution >= 0.6 is 0 Å². The molecule has 1 aliphatic carbocycles. The fraction of sp³-hybridized carbons (Fsp3) is 0.600. The molecule has 2 N–H and O–H groups in total. The molecule has 0 radical (unpaired) electrons. The molecule has 3 fully saturated rings. The third-order valence-electron chi connectivity index (χ3n) is 6.13. The van der Waals surface area contributed by atoms with Gasteiger partial charge >= 0.3 is 0 Å². The van der Waals surface area contributed by atoms with Crippen molar-refractivity contribution < 1.29 is 9.59 Å². The summed E-state index contributed by atoms with van der Waals surface area (Å²) >= 11 is 0. The van der Waals surface area contributed by atoms with Crippen LogP contribution in [0, 0.1) is 11.3 Å². The van der Waals surface area contributed by atoms with E-state index in [0.717, 1.165) is 64.0 Å². The van der Waals surface area contributed by atoms with E-state index in [9.17, 15) is 9.59 Å². The summed E-state index contributed by atoms with van der Waals surface area (Å²) in [5, 5.41) is 6.41. The van der Waals surface area contributed by atoms with Gasteiger partial charge in [-0.2, -0.15) is 0 Å². The minimum Gasteiger partial charge on any atom is -0.339 e. The Labute approximate surface area is 149 Å². The van der Waals surface area contributed by atoms with Crippen LogP contribution in [0.25, 0.3) is 0 Å². The number of rotatable bonds is 3. The molecule has 2 amide bonds. The van der Waals surface area contributed by atoms with Crippen LogP contribution in [0.15, 0.2) is 24.3 Å². The Hall–Kier alpha value is -1.88. The predicted molar refractivity (Wildman–Crippen MR) is 97.5 cm³/mol. The summed E-state index contributed by atoms with van der Waals surface area (Å²) in [5.41, 5.74) is 1.65. The highest BCUT2D eigenvalue weighted by Crippen LogP contribution is 2.58. The molecule has 0 aromatic heterocycles. The van der Waals surface area contributed by atoms with E-state index in [0.29, 0.717) is 5.56 Å². The molecule has 1 saturated carbocycles. The maximum Gasteiger partial charge on any atom is 0.253 e. The summed E-state index contributed by atoms with van der Waals surface area (Å²) in [7, 11) is 0. The van der Waals surface area contributed by atoms with Crippen LogP contribution in [0.5, 0.6) is 0 Å². The highest BCUT2D eigenvalue weighted by molar-refractivity contribution is 5.98. The zero-order valence-electron chi connectivity index (χ0n) is 14.7. The van der Waals surface area contributed by atoms with E-state index in [4.69, 9.17) is 0 Å². The number of piperidine rings is 2. The normalized spacial score (nSPS) is 24.8. The second-order valence-corrected chi connectivity index (χ2v) is 7.79. The first-order chi connectivity index (χ1) is 12.2. The molecule has 1 atom stereocenters. The van der Waals surface area contributed by atoms with E-state index in [1.165, 1.54) is 6.42 Å². The number of nitrogens with zero attached hydrogens (tertiary/aromatic N) is 1. The summed E-state index contributed by atoms with van der Waals surface area (Å²) < 4.78 is 0. The SMILES string of the molecule is O=C(Nc1cccc(C(=O)N2CCCCC2)c1)C1CC12CCNCC2. The minimum atomic E-state index is 0.0806. The molecule has 1 spiro atoms. The van der Waals surface area contributed by atoms with Gasteiger partial charge in [0.05, 0.1) is 0 Å². The lowest BCUT2D eigenvalue weighted by Gasteiger charge is -2.26. The van der Waals surface area contributed by atoms with Gasteiger partial charge < -0.3 is 15.5 Å². The molecule has 2 aliphatic heterocycles. The molecule has 3 aliphatic rings. The van der Waals surface area contributed by atoms with Crippen LogP contribution in [0.4, 0.5) is 5.69 Å². The molecule has 134 valence electrons. The highest BCUT2D eigenvalue weighted by Gasteiger charge is 2.57. The van der Waals surface area contributed by atoms with Gasteiger partial charge in [-0.15, -0.1) is 0 Å². The van der Waals surface area contributed by atoms with Crippen molar-refractivity contribution in [3.05, 3.63) is 29.8 Å². The quantitative estimate of drug-likeness (QED) is 0.888. The molecular weight excluding hydrogens is 314 g/mol. The van der Waals surface area contributed by atoms with Crippen molar-refractivity contribution in [2.24, 2.45) is 11.3 Å². The largest absolute Gasteiger partial charge is 0.339 e. The topological polar surface area (TPSA) is 61.4 Å². The standard InChI is InChI=1S/C20H27N3O2/c24-18(17-14-20(17)7-9-21-10-8-20)22-16-6-4-5-15(13-16)19(25)23-11-2-1-3-12-23/h4-6,13,17,21H,1-3,7-12,14H2,(H,22,24). The Morgan fingerprint density at radius 1 is 1.12 bits per heavy atom. The van der Waals surface area contributed by atoms with E-state index in [1.54, 1.807) is 0 Å². The van der Waals surface area contributed by atoms with Crippen molar-refractivity contribution in [1.29, 1.82) is 0 Å². The van der Waals surface area contributed by atoms with Crippen molar-refractivity contribution in [3.8, 4) is 0 Å². The molecule has 2 heterocycles. The Balaban J connectivity index is 1.40. The number of hydrogen-bond acceptors (Lipinski definition) is 3. The Morgan fingerprint density at radius 3 is 2.64 bits per heavy atom. The fourth-order valence-electron chi connectivity index (χ4n) is 4.43. The second-order valence-electron chi connectivity index (χ2n) is 7.79. The molecule has 4 rings (SSSR count). The zero-order valence-corrected chi connectivity index (χ0v) is 14.7. The van der Waals surface area contributed by atoms with Crippen LogP contribution in [0.3, 0.4) is 0 Å². The van der Waals surface area contributed by atoms with Gasteiger partial charge in [0.25, 0.3) is 5.91 Å². The smallest absolute Gasteiger partial charge is 0.253 e. The number of anilines is 1. The van der Waals surface area contributed by atoms with E-state index in [1.807, 2.05) is 29.2 Å². The summed E-state index contributed by atoms with van der Waals surface area (Å²) in [6.45, 7) is 3.72. The van der Waals surface area contributed by atoms with Crippen LogP contribution in [0.2, 0.25) is 0 Å². The average Bonchev–Trinajstić information content (AvgIpc) is 3.35. The first kappa shape index (κ1) is 16.6. The monoisotopic (exact) mass is 341 g/mol. The Kier molecular flexibility index (Phi) is 4.50.